The number of thiophene rings is 1. The highest BCUT2D eigenvalue weighted by atomic mass is 32.1. The van der Waals surface area contributed by atoms with E-state index in [1.54, 1.807) is 18.4 Å². The lowest BCUT2D eigenvalue weighted by atomic mass is 9.94. The predicted octanol–water partition coefficient (Wildman–Crippen LogP) is 4.48. The van der Waals surface area contributed by atoms with E-state index in [4.69, 9.17) is 15.5 Å². The Bertz CT molecular complexity index is 1400. The molecule has 0 radical (unpaired) electrons. The van der Waals surface area contributed by atoms with Crippen LogP contribution in [0.3, 0.4) is 0 Å². The Balaban J connectivity index is 1.44. The van der Waals surface area contributed by atoms with Crippen LogP contribution < -0.4 is 10.5 Å². The third-order valence-corrected chi connectivity index (χ3v) is 8.53. The molecule has 34 heavy (non-hydrogen) atoms. The number of carbonyl (C=O) groups is 1. The van der Waals surface area contributed by atoms with Crippen LogP contribution in [0.1, 0.15) is 36.5 Å². The number of hydrogen-bond acceptors (Lipinski definition) is 5. The average Bonchev–Trinajstić information content (AvgIpc) is 3.28. The number of nitrogens with zero attached hydrogens (tertiary/aromatic N) is 4. The van der Waals surface area contributed by atoms with Crippen LogP contribution in [0.5, 0.6) is 5.75 Å². The molecule has 1 aliphatic carbocycles. The summed E-state index contributed by atoms with van der Waals surface area (Å²) in [6, 6.07) is 8.19. The highest BCUT2D eigenvalue weighted by molar-refractivity contribution is 7.16. The largest absolute Gasteiger partial charge is 0.494 e. The Morgan fingerprint density at radius 3 is 2.82 bits per heavy atom. The normalized spacial score (nSPS) is 21.0. The summed E-state index contributed by atoms with van der Waals surface area (Å²) in [4.78, 5) is 21.6. The van der Waals surface area contributed by atoms with E-state index in [1.165, 1.54) is 23.1 Å². The Hall–Kier alpha value is -2.84. The van der Waals surface area contributed by atoms with Crippen molar-refractivity contribution in [3.63, 3.8) is 0 Å². The number of methoxy groups -OCH3 is 1. The molecule has 0 unspecified atom stereocenters. The maximum absolute atomic E-state index is 13.4. The first-order valence-electron chi connectivity index (χ1n) is 12.1. The van der Waals surface area contributed by atoms with Crippen LogP contribution in [0, 0.1) is 11.8 Å². The highest BCUT2D eigenvalue weighted by Gasteiger charge is 2.29. The smallest absolute Gasteiger partial charge is 0.254 e. The lowest BCUT2D eigenvalue weighted by Crippen LogP contribution is -2.49. The molecule has 2 aliphatic rings. The Kier molecular flexibility index (Phi) is 5.18. The van der Waals surface area contributed by atoms with Crippen molar-refractivity contribution in [3.8, 4) is 17.3 Å². The van der Waals surface area contributed by atoms with Gasteiger partial charge in [-0.1, -0.05) is 6.92 Å². The van der Waals surface area contributed by atoms with E-state index in [1.807, 2.05) is 24.1 Å². The van der Waals surface area contributed by atoms with Gasteiger partial charge in [0.2, 0.25) is 0 Å². The minimum absolute atomic E-state index is 0.00706. The monoisotopic (exact) mass is 477 g/mol. The minimum atomic E-state index is -0.00706. The maximum atomic E-state index is 13.4. The number of hydrogen-bond donors (Lipinski definition) is 1. The summed E-state index contributed by atoms with van der Waals surface area (Å²) in [6.07, 6.45) is 3.52. The van der Waals surface area contributed by atoms with Gasteiger partial charge in [-0.15, -0.1) is 11.3 Å². The van der Waals surface area contributed by atoms with Gasteiger partial charge < -0.3 is 24.5 Å². The summed E-state index contributed by atoms with van der Waals surface area (Å²) < 4.78 is 10.3. The quantitative estimate of drug-likeness (QED) is 0.460. The molecule has 6 rings (SSSR count). The van der Waals surface area contributed by atoms with Crippen LogP contribution in [-0.2, 0) is 13.6 Å². The van der Waals surface area contributed by atoms with Gasteiger partial charge in [-0.25, -0.2) is 4.98 Å². The summed E-state index contributed by atoms with van der Waals surface area (Å²) in [6.45, 7) is 4.49. The molecule has 1 aliphatic heterocycles. The zero-order valence-corrected chi connectivity index (χ0v) is 20.8. The van der Waals surface area contributed by atoms with E-state index in [0.717, 1.165) is 48.0 Å². The van der Waals surface area contributed by atoms with Crippen molar-refractivity contribution in [1.82, 2.24) is 19.0 Å². The fourth-order valence-electron chi connectivity index (χ4n) is 5.19. The van der Waals surface area contributed by atoms with Crippen LogP contribution in [0.15, 0.2) is 29.6 Å². The molecule has 0 spiro atoms. The van der Waals surface area contributed by atoms with Crippen molar-refractivity contribution < 1.29 is 9.53 Å². The fraction of sp³-hybridized carbons (Fsp3) is 0.462. The predicted molar refractivity (Wildman–Crippen MR) is 136 cm³/mol. The van der Waals surface area contributed by atoms with E-state index < -0.39 is 0 Å². The number of rotatable bonds is 5. The van der Waals surface area contributed by atoms with Crippen molar-refractivity contribution in [3.05, 3.63) is 35.2 Å². The van der Waals surface area contributed by atoms with E-state index in [-0.39, 0.29) is 11.9 Å². The lowest BCUT2D eigenvalue weighted by Gasteiger charge is -2.35. The van der Waals surface area contributed by atoms with E-state index in [2.05, 4.69) is 33.6 Å². The lowest BCUT2D eigenvalue weighted by molar-refractivity contribution is 0.0672. The second kappa shape index (κ2) is 8.13. The first-order chi connectivity index (χ1) is 16.4. The van der Waals surface area contributed by atoms with E-state index >= 15 is 0 Å². The van der Waals surface area contributed by atoms with Gasteiger partial charge in [-0.3, -0.25) is 4.79 Å². The van der Waals surface area contributed by atoms with Crippen molar-refractivity contribution in [2.24, 2.45) is 24.6 Å². The standard InChI is InChI=1S/C26H31N5O2S/c1-15-6-8-30(14-19(15)27)25(32)18-10-20-23(22(12-18)33-3)29(2)24(28-20)21-11-17-7-9-34-26(17)31(21)13-16-4-5-16/h7,9-12,15-16,19H,4-6,8,13-14,27H2,1-3H3/t15-,19+/m1/s1. The number of aryl methyl sites for hydroxylation is 1. The molecule has 4 aromatic rings. The molecule has 2 atom stereocenters. The van der Waals surface area contributed by atoms with Gasteiger partial charge in [0, 0.05) is 43.7 Å². The van der Waals surface area contributed by atoms with Crippen molar-refractivity contribution in [1.29, 1.82) is 0 Å². The number of amides is 1. The van der Waals surface area contributed by atoms with Gasteiger partial charge >= 0.3 is 0 Å². The van der Waals surface area contributed by atoms with Crippen molar-refractivity contribution in [2.75, 3.05) is 20.2 Å². The Morgan fingerprint density at radius 1 is 1.26 bits per heavy atom. The molecular formula is C26H31N5O2S. The molecule has 0 bridgehead atoms. The summed E-state index contributed by atoms with van der Waals surface area (Å²) in [7, 11) is 3.68. The number of nitrogens with two attached hydrogens (primary N) is 1. The van der Waals surface area contributed by atoms with Crippen molar-refractivity contribution >= 4 is 38.5 Å². The summed E-state index contributed by atoms with van der Waals surface area (Å²) in [5, 5.41) is 3.41. The Morgan fingerprint density at radius 2 is 2.09 bits per heavy atom. The fourth-order valence-corrected chi connectivity index (χ4v) is 6.09. The Labute approximate surface area is 203 Å². The molecule has 2 fully saturated rings. The summed E-state index contributed by atoms with van der Waals surface area (Å²) >= 11 is 1.78. The van der Waals surface area contributed by atoms with E-state index in [9.17, 15) is 4.79 Å². The molecule has 4 heterocycles. The van der Waals surface area contributed by atoms with Crippen LogP contribution in [0.25, 0.3) is 32.8 Å². The third-order valence-electron chi connectivity index (χ3n) is 7.57. The van der Waals surface area contributed by atoms with Gasteiger partial charge in [-0.05, 0) is 60.7 Å². The van der Waals surface area contributed by atoms with E-state index in [0.29, 0.717) is 23.8 Å². The molecular weight excluding hydrogens is 446 g/mol. The number of piperidine rings is 1. The van der Waals surface area contributed by atoms with Crippen LogP contribution in [-0.4, -0.2) is 51.2 Å². The zero-order chi connectivity index (χ0) is 23.6. The zero-order valence-electron chi connectivity index (χ0n) is 20.0. The molecule has 3 aromatic heterocycles. The number of fused-ring (bicyclic) bond motifs is 2. The van der Waals surface area contributed by atoms with Gasteiger partial charge in [0.1, 0.15) is 16.1 Å². The third kappa shape index (κ3) is 3.51. The minimum Gasteiger partial charge on any atom is -0.494 e. The second-order valence-electron chi connectivity index (χ2n) is 9.99. The first-order valence-corrected chi connectivity index (χ1v) is 13.0. The number of aromatic nitrogens is 3. The molecule has 8 heteroatoms. The van der Waals surface area contributed by atoms with Gasteiger partial charge in [0.15, 0.2) is 5.82 Å². The van der Waals surface area contributed by atoms with Crippen LogP contribution in [0.2, 0.25) is 0 Å². The maximum Gasteiger partial charge on any atom is 0.254 e. The molecule has 7 nitrogen and oxygen atoms in total. The average molecular weight is 478 g/mol. The highest BCUT2D eigenvalue weighted by Crippen LogP contribution is 2.39. The molecule has 1 amide bonds. The number of imidazole rings is 1. The molecule has 178 valence electrons. The number of carbonyl (C=O) groups excluding carboxylic acids is 1. The van der Waals surface area contributed by atoms with Gasteiger partial charge in [0.25, 0.3) is 5.91 Å². The van der Waals surface area contributed by atoms with Crippen molar-refractivity contribution in [2.45, 2.75) is 38.8 Å². The SMILES string of the molecule is COc1cc(C(=O)N2CC[C@@H](C)[C@@H](N)C2)cc2nc(-c3cc4ccsc4n3CC3CC3)n(C)c12. The topological polar surface area (TPSA) is 78.3 Å². The molecule has 1 saturated carbocycles. The van der Waals surface area contributed by atoms with Gasteiger partial charge in [0.05, 0.1) is 18.3 Å². The first kappa shape index (κ1) is 21.7. The number of benzene rings is 1. The molecule has 2 N–H and O–H groups in total. The molecule has 1 aromatic carbocycles. The van der Waals surface area contributed by atoms with Gasteiger partial charge in [-0.2, -0.15) is 0 Å². The number of likely N-dealkylation sites (tertiary alicyclic amines) is 1. The summed E-state index contributed by atoms with van der Waals surface area (Å²) in [5.41, 5.74) is 9.66. The number of ether oxygens (including phenoxy) is 1. The van der Waals surface area contributed by atoms with Crippen LogP contribution in [0.4, 0.5) is 0 Å². The summed E-state index contributed by atoms with van der Waals surface area (Å²) in [5.74, 6) is 2.74. The van der Waals surface area contributed by atoms with Crippen LogP contribution >= 0.6 is 11.3 Å². The molecule has 1 saturated heterocycles. The second-order valence-corrected chi connectivity index (χ2v) is 10.9.